The van der Waals surface area contributed by atoms with Crippen LogP contribution in [0.3, 0.4) is 0 Å². The molecule has 8 nitrogen and oxygen atoms in total. The van der Waals surface area contributed by atoms with Crippen LogP contribution in [0.4, 0.5) is 11.7 Å². The number of amides is 1. The van der Waals surface area contributed by atoms with E-state index in [1.165, 1.54) is 0 Å². The van der Waals surface area contributed by atoms with Crippen LogP contribution in [0.5, 0.6) is 0 Å². The Morgan fingerprint density at radius 3 is 3.04 bits per heavy atom. The minimum Gasteiger partial charge on any atom is -0.423 e. The van der Waals surface area contributed by atoms with E-state index in [0.29, 0.717) is 34.5 Å². The Kier molecular flexibility index (Phi) is 4.34. The quantitative estimate of drug-likeness (QED) is 0.747. The summed E-state index contributed by atoms with van der Waals surface area (Å²) in [5.74, 6) is -0.233. The zero-order valence-electron chi connectivity index (χ0n) is 14.9. The molecule has 136 valence electrons. The third kappa shape index (κ3) is 3.28. The fraction of sp³-hybridized carbons (Fsp3) is 0.389. The minimum atomic E-state index is -0.233. The molecule has 3 aromatic rings. The van der Waals surface area contributed by atoms with Gasteiger partial charge in [0.2, 0.25) is 0 Å². The Morgan fingerprint density at radius 2 is 2.27 bits per heavy atom. The smallest absolute Gasteiger partial charge is 0.297 e. The molecule has 1 fully saturated rings. The Bertz CT molecular complexity index is 923. The number of carbonyl (C=O) groups is 1. The minimum absolute atomic E-state index is 0.233. The molecule has 1 aliphatic heterocycles. The molecule has 0 spiro atoms. The van der Waals surface area contributed by atoms with Gasteiger partial charge in [-0.1, -0.05) is 0 Å². The lowest BCUT2D eigenvalue weighted by Gasteiger charge is -2.22. The van der Waals surface area contributed by atoms with E-state index in [-0.39, 0.29) is 5.91 Å². The number of oxazole rings is 1. The van der Waals surface area contributed by atoms with Gasteiger partial charge in [0.1, 0.15) is 5.52 Å². The summed E-state index contributed by atoms with van der Waals surface area (Å²) >= 11 is 0. The topological polar surface area (TPSA) is 88.2 Å². The number of nitrogens with zero attached hydrogens (tertiary/aromatic N) is 4. The summed E-state index contributed by atoms with van der Waals surface area (Å²) in [5, 5.41) is 10.7. The Labute approximate surface area is 151 Å². The molecule has 4 rings (SSSR count). The molecular formula is C18H22N6O2. The maximum Gasteiger partial charge on any atom is 0.297 e. The van der Waals surface area contributed by atoms with Crippen molar-refractivity contribution >= 4 is 28.7 Å². The lowest BCUT2D eigenvalue weighted by Crippen LogP contribution is -2.32. The molecule has 1 aliphatic rings. The van der Waals surface area contributed by atoms with Gasteiger partial charge in [-0.05, 0) is 43.7 Å². The molecular weight excluding hydrogens is 332 g/mol. The van der Waals surface area contributed by atoms with E-state index < -0.39 is 0 Å². The fourth-order valence-corrected chi connectivity index (χ4v) is 3.10. The van der Waals surface area contributed by atoms with E-state index in [1.807, 2.05) is 25.0 Å². The van der Waals surface area contributed by atoms with Crippen LogP contribution >= 0.6 is 0 Å². The average molecular weight is 354 g/mol. The van der Waals surface area contributed by atoms with Gasteiger partial charge >= 0.3 is 0 Å². The van der Waals surface area contributed by atoms with Crippen molar-refractivity contribution < 1.29 is 9.21 Å². The predicted octanol–water partition coefficient (Wildman–Crippen LogP) is 2.27. The SMILES string of the molecule is CN(C)c1nc2cc(NC(=O)c3ccn(C4CCCNC4)n3)ccc2o1. The standard InChI is InChI=1S/C18H22N6O2/c1-23(2)18-21-15-10-12(5-6-16(15)26-18)20-17(25)14-7-9-24(22-14)13-4-3-8-19-11-13/h5-7,9-10,13,19H,3-4,8,11H2,1-2H3,(H,20,25). The van der Waals surface area contributed by atoms with Crippen LogP contribution in [0.2, 0.25) is 0 Å². The monoisotopic (exact) mass is 354 g/mol. The number of fused-ring (bicyclic) bond motifs is 1. The number of carbonyl (C=O) groups excluding carboxylic acids is 1. The van der Waals surface area contributed by atoms with Crippen LogP contribution in [0.25, 0.3) is 11.1 Å². The van der Waals surface area contributed by atoms with E-state index in [0.717, 1.165) is 25.9 Å². The Balaban J connectivity index is 1.49. The molecule has 26 heavy (non-hydrogen) atoms. The van der Waals surface area contributed by atoms with Crippen molar-refractivity contribution in [3.63, 3.8) is 0 Å². The summed E-state index contributed by atoms with van der Waals surface area (Å²) < 4.78 is 7.51. The molecule has 3 heterocycles. The van der Waals surface area contributed by atoms with E-state index >= 15 is 0 Å². The summed E-state index contributed by atoms with van der Waals surface area (Å²) in [6.07, 6.45) is 4.07. The van der Waals surface area contributed by atoms with E-state index in [4.69, 9.17) is 4.42 Å². The van der Waals surface area contributed by atoms with Crippen molar-refractivity contribution in [3.8, 4) is 0 Å². The van der Waals surface area contributed by atoms with Gasteiger partial charge in [-0.2, -0.15) is 10.1 Å². The van der Waals surface area contributed by atoms with Crippen molar-refractivity contribution in [3.05, 3.63) is 36.2 Å². The second-order valence-corrected chi connectivity index (χ2v) is 6.71. The first-order chi connectivity index (χ1) is 12.6. The van der Waals surface area contributed by atoms with Gasteiger partial charge in [0, 0.05) is 32.5 Å². The van der Waals surface area contributed by atoms with Crippen molar-refractivity contribution in [1.29, 1.82) is 0 Å². The second-order valence-electron chi connectivity index (χ2n) is 6.71. The van der Waals surface area contributed by atoms with E-state index in [1.54, 1.807) is 29.2 Å². The first kappa shape index (κ1) is 16.6. The molecule has 1 unspecified atom stereocenters. The Morgan fingerprint density at radius 1 is 1.38 bits per heavy atom. The lowest BCUT2D eigenvalue weighted by molar-refractivity contribution is 0.102. The number of aromatic nitrogens is 3. The normalized spacial score (nSPS) is 17.4. The number of piperidine rings is 1. The number of rotatable bonds is 4. The number of benzene rings is 1. The molecule has 2 N–H and O–H groups in total. The van der Waals surface area contributed by atoms with Gasteiger partial charge in [0.05, 0.1) is 6.04 Å². The van der Waals surface area contributed by atoms with Crippen LogP contribution in [-0.4, -0.2) is 47.9 Å². The molecule has 1 aromatic carbocycles. The molecule has 0 saturated carbocycles. The molecule has 0 radical (unpaired) electrons. The molecule has 0 bridgehead atoms. The highest BCUT2D eigenvalue weighted by molar-refractivity contribution is 6.03. The van der Waals surface area contributed by atoms with E-state index in [2.05, 4.69) is 20.7 Å². The second kappa shape index (κ2) is 6.80. The third-order valence-corrected chi connectivity index (χ3v) is 4.50. The maximum atomic E-state index is 12.5. The van der Waals surface area contributed by atoms with Crippen LogP contribution < -0.4 is 15.5 Å². The zero-order valence-corrected chi connectivity index (χ0v) is 14.9. The van der Waals surface area contributed by atoms with Crippen molar-refractivity contribution in [2.75, 3.05) is 37.4 Å². The maximum absolute atomic E-state index is 12.5. The van der Waals surface area contributed by atoms with Crippen LogP contribution in [0.1, 0.15) is 29.4 Å². The molecule has 1 atom stereocenters. The highest BCUT2D eigenvalue weighted by Gasteiger charge is 2.18. The molecule has 1 amide bonds. The highest BCUT2D eigenvalue weighted by atomic mass is 16.4. The molecule has 1 saturated heterocycles. The summed E-state index contributed by atoms with van der Waals surface area (Å²) in [5.41, 5.74) is 2.45. The molecule has 8 heteroatoms. The fourth-order valence-electron chi connectivity index (χ4n) is 3.10. The van der Waals surface area contributed by atoms with Gasteiger partial charge in [0.25, 0.3) is 11.9 Å². The Hall–Kier alpha value is -2.87. The van der Waals surface area contributed by atoms with Crippen LogP contribution in [-0.2, 0) is 0 Å². The number of hydrogen-bond donors (Lipinski definition) is 2. The first-order valence-electron chi connectivity index (χ1n) is 8.75. The number of hydrogen-bond acceptors (Lipinski definition) is 6. The van der Waals surface area contributed by atoms with Gasteiger partial charge in [-0.25, -0.2) is 0 Å². The van der Waals surface area contributed by atoms with Gasteiger partial charge in [-0.3, -0.25) is 9.48 Å². The average Bonchev–Trinajstić information content (AvgIpc) is 3.29. The van der Waals surface area contributed by atoms with Crippen molar-refractivity contribution in [1.82, 2.24) is 20.1 Å². The van der Waals surface area contributed by atoms with Crippen molar-refractivity contribution in [2.45, 2.75) is 18.9 Å². The first-order valence-corrected chi connectivity index (χ1v) is 8.75. The summed E-state index contributed by atoms with van der Waals surface area (Å²) in [7, 11) is 3.73. The van der Waals surface area contributed by atoms with Gasteiger partial charge in [0.15, 0.2) is 11.3 Å². The predicted molar refractivity (Wildman–Crippen MR) is 99.7 cm³/mol. The number of nitrogens with one attached hydrogen (secondary N) is 2. The number of anilines is 2. The van der Waals surface area contributed by atoms with Crippen molar-refractivity contribution in [2.24, 2.45) is 0 Å². The lowest BCUT2D eigenvalue weighted by atomic mass is 10.1. The summed E-state index contributed by atoms with van der Waals surface area (Å²) in [4.78, 5) is 18.7. The summed E-state index contributed by atoms with van der Waals surface area (Å²) in [6, 6.07) is 7.99. The van der Waals surface area contributed by atoms with Crippen LogP contribution in [0, 0.1) is 0 Å². The van der Waals surface area contributed by atoms with Gasteiger partial charge < -0.3 is 20.0 Å². The van der Waals surface area contributed by atoms with E-state index in [9.17, 15) is 4.79 Å². The molecule has 0 aliphatic carbocycles. The highest BCUT2D eigenvalue weighted by Crippen LogP contribution is 2.24. The third-order valence-electron chi connectivity index (χ3n) is 4.50. The summed E-state index contributed by atoms with van der Waals surface area (Å²) in [6.45, 7) is 1.94. The molecule has 2 aromatic heterocycles. The largest absolute Gasteiger partial charge is 0.423 e. The van der Waals surface area contributed by atoms with Gasteiger partial charge in [-0.15, -0.1) is 0 Å². The van der Waals surface area contributed by atoms with Crippen LogP contribution in [0.15, 0.2) is 34.9 Å². The zero-order chi connectivity index (χ0) is 18.1.